The topological polar surface area (TPSA) is 69.2 Å². The Hall–Kier alpha value is -1.49. The van der Waals surface area contributed by atoms with Gasteiger partial charge in [-0.3, -0.25) is 10.1 Å². The highest BCUT2D eigenvalue weighted by Crippen LogP contribution is 2.40. The van der Waals surface area contributed by atoms with Gasteiger partial charge in [0, 0.05) is 18.1 Å². The van der Waals surface area contributed by atoms with Crippen molar-refractivity contribution in [1.82, 2.24) is 0 Å². The molecule has 1 aromatic rings. The zero-order valence-electron chi connectivity index (χ0n) is 9.33. The Bertz CT molecular complexity index is 458. The van der Waals surface area contributed by atoms with Gasteiger partial charge in [0.25, 0.3) is 5.69 Å². The first-order chi connectivity index (χ1) is 8.09. The van der Waals surface area contributed by atoms with Crippen LogP contribution in [0.3, 0.4) is 0 Å². The minimum atomic E-state index is -0.388. The van der Waals surface area contributed by atoms with Crippen molar-refractivity contribution in [2.45, 2.75) is 25.2 Å². The predicted octanol–water partition coefficient (Wildman–Crippen LogP) is 2.76. The van der Waals surface area contributed by atoms with E-state index >= 15 is 0 Å². The van der Waals surface area contributed by atoms with E-state index in [4.69, 9.17) is 18.0 Å². The predicted molar refractivity (Wildman–Crippen MR) is 70.0 cm³/mol. The molecule has 0 spiro atoms. The normalized spacial score (nSPS) is 17.2. The van der Waals surface area contributed by atoms with Crippen LogP contribution in [0, 0.1) is 16.0 Å². The maximum absolute atomic E-state index is 10.7. The second kappa shape index (κ2) is 4.79. The molecule has 17 heavy (non-hydrogen) atoms. The first kappa shape index (κ1) is 12.0. The summed E-state index contributed by atoms with van der Waals surface area (Å²) in [5.41, 5.74) is 6.74. The van der Waals surface area contributed by atoms with E-state index in [1.54, 1.807) is 12.1 Å². The van der Waals surface area contributed by atoms with Crippen molar-refractivity contribution in [2.75, 3.05) is 0 Å². The molecule has 4 nitrogen and oxygen atoms in total. The van der Waals surface area contributed by atoms with Crippen molar-refractivity contribution in [3.63, 3.8) is 0 Å². The zero-order valence-corrected chi connectivity index (χ0v) is 10.2. The van der Waals surface area contributed by atoms with Gasteiger partial charge in [-0.05, 0) is 24.3 Å². The highest BCUT2D eigenvalue weighted by atomic mass is 32.1. The van der Waals surface area contributed by atoms with Crippen LogP contribution >= 0.6 is 12.2 Å². The third kappa shape index (κ3) is 2.44. The van der Waals surface area contributed by atoms with Crippen molar-refractivity contribution in [2.24, 2.45) is 11.7 Å². The van der Waals surface area contributed by atoms with Crippen LogP contribution in [-0.4, -0.2) is 9.91 Å². The quantitative estimate of drug-likeness (QED) is 0.507. The van der Waals surface area contributed by atoms with Gasteiger partial charge in [-0.25, -0.2) is 0 Å². The molecule has 2 N–H and O–H groups in total. The minimum Gasteiger partial charge on any atom is -0.393 e. The fourth-order valence-electron chi connectivity index (χ4n) is 2.27. The van der Waals surface area contributed by atoms with Crippen LogP contribution in [0.5, 0.6) is 0 Å². The molecule has 90 valence electrons. The van der Waals surface area contributed by atoms with Gasteiger partial charge in [0.1, 0.15) is 0 Å². The second-order valence-corrected chi connectivity index (χ2v) is 4.89. The van der Waals surface area contributed by atoms with Crippen molar-refractivity contribution < 1.29 is 4.92 Å². The number of thiocarbonyl (C=S) groups is 1. The molecule has 1 aliphatic rings. The van der Waals surface area contributed by atoms with Crippen LogP contribution in [0.2, 0.25) is 0 Å². The number of nitrogens with zero attached hydrogens (tertiary/aromatic N) is 1. The van der Waals surface area contributed by atoms with Gasteiger partial charge in [0.15, 0.2) is 0 Å². The van der Waals surface area contributed by atoms with E-state index in [1.807, 2.05) is 6.07 Å². The molecule has 1 aliphatic carbocycles. The highest BCUT2D eigenvalue weighted by Gasteiger charge is 2.31. The number of rotatable bonds is 4. The van der Waals surface area contributed by atoms with Crippen LogP contribution in [0.1, 0.15) is 30.7 Å². The zero-order chi connectivity index (χ0) is 12.4. The highest BCUT2D eigenvalue weighted by molar-refractivity contribution is 7.80. The molecule has 1 saturated carbocycles. The maximum Gasteiger partial charge on any atom is 0.269 e. The summed E-state index contributed by atoms with van der Waals surface area (Å²) in [7, 11) is 0. The molecule has 0 aromatic heterocycles. The molecule has 1 fully saturated rings. The van der Waals surface area contributed by atoms with E-state index in [0.29, 0.717) is 10.9 Å². The molecule has 1 aromatic carbocycles. The molecular formula is C12H14N2O2S. The summed E-state index contributed by atoms with van der Waals surface area (Å²) in [5, 5.41) is 10.7. The number of benzene rings is 1. The Balaban J connectivity index is 2.32. The Labute approximate surface area is 105 Å². The molecule has 0 saturated heterocycles. The van der Waals surface area contributed by atoms with Gasteiger partial charge in [-0.1, -0.05) is 30.8 Å². The summed E-state index contributed by atoms with van der Waals surface area (Å²) < 4.78 is 0. The number of hydrogen-bond donors (Lipinski definition) is 1. The van der Waals surface area contributed by atoms with Crippen molar-refractivity contribution >= 4 is 22.9 Å². The molecule has 0 bridgehead atoms. The average molecular weight is 250 g/mol. The second-order valence-electron chi connectivity index (χ2n) is 4.42. The monoisotopic (exact) mass is 250 g/mol. The van der Waals surface area contributed by atoms with Gasteiger partial charge < -0.3 is 5.73 Å². The summed E-state index contributed by atoms with van der Waals surface area (Å²) in [6.07, 6.45) is 3.40. The maximum atomic E-state index is 10.7. The fourth-order valence-corrected chi connectivity index (χ4v) is 2.60. The van der Waals surface area contributed by atoms with Crippen molar-refractivity contribution in [3.8, 4) is 0 Å². The third-order valence-electron chi connectivity index (χ3n) is 3.37. The number of non-ortho nitro benzene ring substituents is 1. The Morgan fingerprint density at radius 2 is 2.24 bits per heavy atom. The van der Waals surface area contributed by atoms with Gasteiger partial charge in [-0.2, -0.15) is 0 Å². The van der Waals surface area contributed by atoms with Gasteiger partial charge in [0.2, 0.25) is 0 Å². The Morgan fingerprint density at radius 1 is 1.53 bits per heavy atom. The van der Waals surface area contributed by atoms with E-state index in [-0.39, 0.29) is 16.5 Å². The van der Waals surface area contributed by atoms with Crippen molar-refractivity contribution in [1.29, 1.82) is 0 Å². The van der Waals surface area contributed by atoms with Gasteiger partial charge >= 0.3 is 0 Å². The number of hydrogen-bond acceptors (Lipinski definition) is 3. The number of nitro benzene ring substituents is 1. The van der Waals surface area contributed by atoms with Crippen molar-refractivity contribution in [3.05, 3.63) is 39.9 Å². The lowest BCUT2D eigenvalue weighted by Gasteiger charge is -2.33. The van der Waals surface area contributed by atoms with E-state index in [0.717, 1.165) is 18.4 Å². The van der Waals surface area contributed by atoms with Crippen LogP contribution in [0.25, 0.3) is 0 Å². The van der Waals surface area contributed by atoms with Crippen LogP contribution in [0.4, 0.5) is 5.69 Å². The molecule has 0 aliphatic heterocycles. The fraction of sp³-hybridized carbons (Fsp3) is 0.417. The number of nitrogens with two attached hydrogens (primary N) is 1. The lowest BCUT2D eigenvalue weighted by molar-refractivity contribution is -0.384. The summed E-state index contributed by atoms with van der Waals surface area (Å²) in [4.78, 5) is 10.8. The van der Waals surface area contributed by atoms with E-state index < -0.39 is 0 Å². The third-order valence-corrected chi connectivity index (χ3v) is 3.62. The van der Waals surface area contributed by atoms with E-state index in [2.05, 4.69) is 0 Å². The lowest BCUT2D eigenvalue weighted by atomic mass is 9.73. The SMILES string of the molecule is NC(=S)C(c1cccc([N+](=O)[O-])c1)C1CCC1. The van der Waals surface area contributed by atoms with Crippen LogP contribution in [0.15, 0.2) is 24.3 Å². The molecule has 2 rings (SSSR count). The number of nitro groups is 1. The first-order valence-electron chi connectivity index (χ1n) is 5.63. The summed E-state index contributed by atoms with van der Waals surface area (Å²) >= 11 is 5.09. The molecular weight excluding hydrogens is 236 g/mol. The molecule has 5 heteroatoms. The lowest BCUT2D eigenvalue weighted by Crippen LogP contribution is -2.30. The van der Waals surface area contributed by atoms with E-state index in [1.165, 1.54) is 12.5 Å². The standard InChI is InChI=1S/C12H14N2O2S/c13-12(17)11(8-3-1-4-8)9-5-2-6-10(7-9)14(15)16/h2,5-8,11H,1,3-4H2,(H2,13,17). The van der Waals surface area contributed by atoms with Crippen LogP contribution in [-0.2, 0) is 0 Å². The van der Waals surface area contributed by atoms with Crippen LogP contribution < -0.4 is 5.73 Å². The molecule has 0 radical (unpaired) electrons. The van der Waals surface area contributed by atoms with Gasteiger partial charge in [-0.15, -0.1) is 0 Å². The average Bonchev–Trinajstić information content (AvgIpc) is 2.22. The van der Waals surface area contributed by atoms with Gasteiger partial charge in [0.05, 0.1) is 9.91 Å². The molecule has 0 heterocycles. The minimum absolute atomic E-state index is 0.0151. The Morgan fingerprint density at radius 3 is 2.71 bits per heavy atom. The summed E-state index contributed by atoms with van der Waals surface area (Å²) in [6.45, 7) is 0. The largest absolute Gasteiger partial charge is 0.393 e. The molecule has 1 unspecified atom stereocenters. The first-order valence-corrected chi connectivity index (χ1v) is 6.04. The molecule has 0 amide bonds. The summed E-state index contributed by atoms with van der Waals surface area (Å²) in [5.74, 6) is 0.438. The molecule has 1 atom stereocenters. The Kier molecular flexibility index (Phi) is 3.38. The summed E-state index contributed by atoms with van der Waals surface area (Å²) in [6, 6.07) is 6.63. The van der Waals surface area contributed by atoms with E-state index in [9.17, 15) is 10.1 Å². The smallest absolute Gasteiger partial charge is 0.269 e.